The van der Waals surface area contributed by atoms with Gasteiger partial charge in [-0.1, -0.05) is 48.9 Å². The van der Waals surface area contributed by atoms with E-state index >= 15 is 0 Å². The number of ether oxygens (including phenoxy) is 3. The number of Topliss-reactive ketones (excluding diaryl/α,β-unsaturated/α-hetero) is 1. The molecule has 0 radical (unpaired) electrons. The van der Waals surface area contributed by atoms with Crippen LogP contribution < -0.4 is 9.47 Å². The number of ketones is 1. The zero-order chi connectivity index (χ0) is 28.1. The number of amides is 1. The summed E-state index contributed by atoms with van der Waals surface area (Å²) in [4.78, 5) is 40.4. The molecule has 1 aliphatic heterocycles. The van der Waals surface area contributed by atoms with Gasteiger partial charge < -0.3 is 24.2 Å². The SMILES string of the molecule is CCCOC(=O)c1ccc(CN2C(=O)C(=O)/C(=C(\O)c3ccc(OC)c(OC)c3)C2c2cccc(C)c2)cc1. The van der Waals surface area contributed by atoms with Crippen molar-refractivity contribution in [3.8, 4) is 11.5 Å². The van der Waals surface area contributed by atoms with Crippen LogP contribution >= 0.6 is 0 Å². The highest BCUT2D eigenvalue weighted by Gasteiger charge is 2.46. The van der Waals surface area contributed by atoms with Crippen LogP contribution in [0.15, 0.2) is 72.3 Å². The third-order valence-electron chi connectivity index (χ3n) is 6.53. The van der Waals surface area contributed by atoms with Gasteiger partial charge in [0.05, 0.1) is 38.0 Å². The first-order chi connectivity index (χ1) is 18.8. The van der Waals surface area contributed by atoms with Gasteiger partial charge in [0.15, 0.2) is 11.5 Å². The van der Waals surface area contributed by atoms with Crippen LogP contribution in [0.5, 0.6) is 11.5 Å². The Morgan fingerprint density at radius 3 is 2.26 bits per heavy atom. The minimum atomic E-state index is -0.827. The van der Waals surface area contributed by atoms with Crippen LogP contribution in [0.2, 0.25) is 0 Å². The van der Waals surface area contributed by atoms with E-state index in [0.717, 1.165) is 12.0 Å². The van der Waals surface area contributed by atoms with Crippen LogP contribution in [0.25, 0.3) is 5.76 Å². The Hall–Kier alpha value is -4.59. The van der Waals surface area contributed by atoms with E-state index in [4.69, 9.17) is 14.2 Å². The van der Waals surface area contributed by atoms with E-state index in [2.05, 4.69) is 0 Å². The molecule has 0 aliphatic carbocycles. The molecule has 8 heteroatoms. The Labute approximate surface area is 227 Å². The molecule has 1 aliphatic rings. The third kappa shape index (κ3) is 5.65. The smallest absolute Gasteiger partial charge is 0.338 e. The average molecular weight is 530 g/mol. The first kappa shape index (κ1) is 27.4. The zero-order valence-electron chi connectivity index (χ0n) is 22.4. The number of benzene rings is 3. The second-order valence-electron chi connectivity index (χ2n) is 9.24. The Kier molecular flexibility index (Phi) is 8.34. The summed E-state index contributed by atoms with van der Waals surface area (Å²) in [5.41, 5.74) is 3.05. The lowest BCUT2D eigenvalue weighted by Gasteiger charge is -2.26. The summed E-state index contributed by atoms with van der Waals surface area (Å²) in [6, 6.07) is 18.2. The van der Waals surface area contributed by atoms with Crippen LogP contribution in [-0.4, -0.2) is 48.5 Å². The van der Waals surface area contributed by atoms with Gasteiger partial charge in [-0.2, -0.15) is 0 Å². The predicted molar refractivity (Wildman–Crippen MR) is 146 cm³/mol. The topological polar surface area (TPSA) is 102 Å². The molecule has 0 spiro atoms. The maximum absolute atomic E-state index is 13.4. The van der Waals surface area contributed by atoms with Gasteiger partial charge in [-0.3, -0.25) is 9.59 Å². The molecule has 0 bridgehead atoms. The Balaban J connectivity index is 1.76. The van der Waals surface area contributed by atoms with Crippen molar-refractivity contribution in [2.45, 2.75) is 32.9 Å². The molecule has 1 N–H and O–H groups in total. The highest BCUT2D eigenvalue weighted by molar-refractivity contribution is 6.46. The van der Waals surface area contributed by atoms with Crippen LogP contribution in [0.1, 0.15) is 52.0 Å². The average Bonchev–Trinajstić information content (AvgIpc) is 3.20. The zero-order valence-corrected chi connectivity index (χ0v) is 22.4. The van der Waals surface area contributed by atoms with Gasteiger partial charge in [0, 0.05) is 12.1 Å². The van der Waals surface area contributed by atoms with Gasteiger partial charge in [-0.05, 0) is 54.8 Å². The molecule has 1 unspecified atom stereocenters. The Morgan fingerprint density at radius 1 is 0.923 bits per heavy atom. The summed E-state index contributed by atoms with van der Waals surface area (Å²) in [5.74, 6) is -1.40. The van der Waals surface area contributed by atoms with Crippen LogP contribution in [0, 0.1) is 6.92 Å². The molecule has 1 fully saturated rings. The van der Waals surface area contributed by atoms with Gasteiger partial charge >= 0.3 is 5.97 Å². The number of esters is 1. The number of nitrogens with zero attached hydrogens (tertiary/aromatic N) is 1. The van der Waals surface area contributed by atoms with Crippen molar-refractivity contribution in [2.24, 2.45) is 0 Å². The minimum absolute atomic E-state index is 0.0161. The first-order valence-corrected chi connectivity index (χ1v) is 12.6. The minimum Gasteiger partial charge on any atom is -0.507 e. The Bertz CT molecular complexity index is 1430. The molecule has 1 saturated heterocycles. The fraction of sp³-hybridized carbons (Fsp3) is 0.258. The highest BCUT2D eigenvalue weighted by atomic mass is 16.5. The molecule has 3 aromatic rings. The summed E-state index contributed by atoms with van der Waals surface area (Å²) in [7, 11) is 2.98. The molecule has 1 atom stereocenters. The standard InChI is InChI=1S/C31H31NO7/c1-5-15-39-31(36)21-11-9-20(10-12-21)18-32-27(22-8-6-7-19(2)16-22)26(29(34)30(32)35)28(33)23-13-14-24(37-3)25(17-23)38-4/h6-14,16-17,27,33H,5,15,18H2,1-4H3/b28-26-. The molecule has 1 heterocycles. The van der Waals surface area contributed by atoms with Crippen LogP contribution in [0.3, 0.4) is 0 Å². The number of carbonyl (C=O) groups excluding carboxylic acids is 3. The number of aryl methyl sites for hydroxylation is 1. The molecule has 1 amide bonds. The van der Waals surface area contributed by atoms with E-state index in [9.17, 15) is 19.5 Å². The van der Waals surface area contributed by atoms with Crippen molar-refractivity contribution in [3.63, 3.8) is 0 Å². The molecule has 0 aromatic heterocycles. The lowest BCUT2D eigenvalue weighted by atomic mass is 9.94. The number of methoxy groups -OCH3 is 2. The fourth-order valence-electron chi connectivity index (χ4n) is 4.59. The molecule has 8 nitrogen and oxygen atoms in total. The number of aliphatic hydroxyl groups is 1. The lowest BCUT2D eigenvalue weighted by molar-refractivity contribution is -0.140. The summed E-state index contributed by atoms with van der Waals surface area (Å²) < 4.78 is 15.8. The summed E-state index contributed by atoms with van der Waals surface area (Å²) in [5, 5.41) is 11.4. The summed E-state index contributed by atoms with van der Waals surface area (Å²) >= 11 is 0. The molecular weight excluding hydrogens is 498 g/mol. The molecule has 4 rings (SSSR count). The van der Waals surface area contributed by atoms with Crippen molar-refractivity contribution in [3.05, 3.63) is 100 Å². The largest absolute Gasteiger partial charge is 0.507 e. The van der Waals surface area contributed by atoms with E-state index < -0.39 is 23.7 Å². The van der Waals surface area contributed by atoms with E-state index in [-0.39, 0.29) is 17.9 Å². The van der Waals surface area contributed by atoms with Gasteiger partial charge in [-0.25, -0.2) is 4.79 Å². The Morgan fingerprint density at radius 2 is 1.62 bits per heavy atom. The number of likely N-dealkylation sites (tertiary alicyclic amines) is 1. The van der Waals surface area contributed by atoms with Crippen molar-refractivity contribution < 1.29 is 33.7 Å². The molecule has 3 aromatic carbocycles. The fourth-order valence-corrected chi connectivity index (χ4v) is 4.59. The van der Waals surface area contributed by atoms with Crippen molar-refractivity contribution in [2.75, 3.05) is 20.8 Å². The van der Waals surface area contributed by atoms with Gasteiger partial charge in [0.2, 0.25) is 0 Å². The van der Waals surface area contributed by atoms with E-state index in [1.165, 1.54) is 19.1 Å². The van der Waals surface area contributed by atoms with Gasteiger partial charge in [0.1, 0.15) is 5.76 Å². The van der Waals surface area contributed by atoms with E-state index in [1.807, 2.05) is 38.1 Å². The highest BCUT2D eigenvalue weighted by Crippen LogP contribution is 2.41. The summed E-state index contributed by atoms with van der Waals surface area (Å²) in [6.45, 7) is 4.26. The number of aliphatic hydroxyl groups excluding tert-OH is 1. The quantitative estimate of drug-likeness (QED) is 0.176. The first-order valence-electron chi connectivity index (χ1n) is 12.6. The number of carbonyl (C=O) groups is 3. The van der Waals surface area contributed by atoms with E-state index in [0.29, 0.717) is 40.4 Å². The lowest BCUT2D eigenvalue weighted by Crippen LogP contribution is -2.29. The van der Waals surface area contributed by atoms with Crippen molar-refractivity contribution in [1.82, 2.24) is 4.90 Å². The summed E-state index contributed by atoms with van der Waals surface area (Å²) in [6.07, 6.45) is 0.723. The molecule has 39 heavy (non-hydrogen) atoms. The maximum Gasteiger partial charge on any atom is 0.338 e. The number of hydrogen-bond acceptors (Lipinski definition) is 7. The number of rotatable bonds is 9. The second kappa shape index (κ2) is 11.9. The normalized spacial score (nSPS) is 16.3. The van der Waals surface area contributed by atoms with Gasteiger partial charge in [-0.15, -0.1) is 0 Å². The van der Waals surface area contributed by atoms with Crippen LogP contribution in [0.4, 0.5) is 0 Å². The van der Waals surface area contributed by atoms with Crippen molar-refractivity contribution in [1.29, 1.82) is 0 Å². The van der Waals surface area contributed by atoms with Gasteiger partial charge in [0.25, 0.3) is 11.7 Å². The molecular formula is C31H31NO7. The second-order valence-corrected chi connectivity index (χ2v) is 9.24. The molecule has 0 saturated carbocycles. The van der Waals surface area contributed by atoms with Crippen LogP contribution in [-0.2, 0) is 20.9 Å². The van der Waals surface area contributed by atoms with E-state index in [1.54, 1.807) is 42.5 Å². The number of hydrogen-bond donors (Lipinski definition) is 1. The third-order valence-corrected chi connectivity index (χ3v) is 6.53. The molecule has 202 valence electrons. The monoisotopic (exact) mass is 529 g/mol. The predicted octanol–water partition coefficient (Wildman–Crippen LogP) is 5.20. The maximum atomic E-state index is 13.4. The van der Waals surface area contributed by atoms with Crippen molar-refractivity contribution >= 4 is 23.4 Å².